The minimum Gasteiger partial charge on any atom is -0.412 e. The molecule has 2 aromatic heterocycles. The smallest absolute Gasteiger partial charge is 0.255 e. The van der Waals surface area contributed by atoms with Gasteiger partial charge in [0.2, 0.25) is 5.95 Å². The number of benzene rings is 2. The van der Waals surface area contributed by atoms with Crippen LogP contribution in [-0.4, -0.2) is 69.4 Å². The Hall–Kier alpha value is -3.31. The maximum atomic E-state index is 12.9. The van der Waals surface area contributed by atoms with Gasteiger partial charge in [0.25, 0.3) is 5.91 Å². The van der Waals surface area contributed by atoms with E-state index in [4.69, 9.17) is 0 Å². The van der Waals surface area contributed by atoms with Gasteiger partial charge in [-0.15, -0.1) is 37.2 Å². The predicted octanol–water partition coefficient (Wildman–Crippen LogP) is 5.03. The Balaban J connectivity index is 0.00000210. The number of halogens is 3. The zero-order valence-electron chi connectivity index (χ0n) is 22.9. The number of hydrogen-bond donors (Lipinski definition) is 2. The molecule has 0 spiro atoms. The van der Waals surface area contributed by atoms with Gasteiger partial charge in [-0.2, -0.15) is 0 Å². The lowest BCUT2D eigenvalue weighted by molar-refractivity contribution is 0.102. The third kappa shape index (κ3) is 9.64. The van der Waals surface area contributed by atoms with Gasteiger partial charge in [-0.3, -0.25) is 14.7 Å². The number of nitrogens with zero attached hydrogens (tertiary/aromatic N) is 5. The number of carbonyl (C=O) groups is 1. The molecular weight excluding hydrogens is 585 g/mol. The number of likely N-dealkylation sites (N-methyl/N-ethyl adjacent to an activating group) is 1. The molecule has 4 aromatic rings. The molecule has 9 nitrogen and oxygen atoms in total. The van der Waals surface area contributed by atoms with E-state index < -0.39 is 0 Å². The van der Waals surface area contributed by atoms with E-state index in [0.717, 1.165) is 55.2 Å². The van der Waals surface area contributed by atoms with Crippen molar-refractivity contribution in [3.05, 3.63) is 95.9 Å². The largest absolute Gasteiger partial charge is 0.412 e. The van der Waals surface area contributed by atoms with Crippen LogP contribution >= 0.6 is 37.2 Å². The Morgan fingerprint density at radius 2 is 1.66 bits per heavy atom. The van der Waals surface area contributed by atoms with Gasteiger partial charge in [0.15, 0.2) is 0 Å². The van der Waals surface area contributed by atoms with Crippen LogP contribution in [0.5, 0.6) is 0 Å². The lowest BCUT2D eigenvalue weighted by Crippen LogP contribution is -2.43. The van der Waals surface area contributed by atoms with Crippen molar-refractivity contribution in [3.63, 3.8) is 0 Å². The van der Waals surface area contributed by atoms with Crippen LogP contribution in [0.1, 0.15) is 21.5 Å². The van der Waals surface area contributed by atoms with Gasteiger partial charge >= 0.3 is 0 Å². The first-order chi connectivity index (χ1) is 18.0. The van der Waals surface area contributed by atoms with Gasteiger partial charge in [-0.05, 0) is 67.6 Å². The van der Waals surface area contributed by atoms with Crippen LogP contribution in [0.3, 0.4) is 0 Å². The summed E-state index contributed by atoms with van der Waals surface area (Å²) in [4.78, 5) is 30.9. The van der Waals surface area contributed by atoms with Gasteiger partial charge in [0.1, 0.15) is 0 Å². The second-order valence-corrected chi connectivity index (χ2v) is 9.39. The Morgan fingerprint density at radius 3 is 2.34 bits per heavy atom. The van der Waals surface area contributed by atoms with Crippen molar-refractivity contribution in [2.24, 2.45) is 0 Å². The van der Waals surface area contributed by atoms with Crippen molar-refractivity contribution in [2.45, 2.75) is 13.5 Å². The van der Waals surface area contributed by atoms with Gasteiger partial charge < -0.3 is 21.0 Å². The quantitative estimate of drug-likeness (QED) is 0.298. The highest BCUT2D eigenvalue weighted by Crippen LogP contribution is 2.24. The number of hydrogen-bond acceptors (Lipinski definition) is 7. The van der Waals surface area contributed by atoms with E-state index in [1.165, 1.54) is 5.56 Å². The molecule has 1 aliphatic heterocycles. The predicted molar refractivity (Wildman–Crippen MR) is 172 cm³/mol. The number of piperazine rings is 1. The van der Waals surface area contributed by atoms with Gasteiger partial charge in [0.05, 0.1) is 5.69 Å². The maximum absolute atomic E-state index is 12.9. The molecular formula is C29H36Cl3N7O2. The second-order valence-electron chi connectivity index (χ2n) is 9.39. The molecule has 0 atom stereocenters. The molecule has 1 fully saturated rings. The topological polar surface area (TPSA) is 118 Å². The molecule has 3 heterocycles. The SMILES string of the molecule is Cc1ccc(NC(=O)c2ccc(CN3CCN(C)CC3)cc2)cc1Nc1nccc(-c2cccnc2)n1.Cl.Cl.Cl.O. The van der Waals surface area contributed by atoms with Gasteiger partial charge in [0, 0.05) is 73.8 Å². The van der Waals surface area contributed by atoms with E-state index in [1.807, 2.05) is 67.6 Å². The number of amides is 1. The summed E-state index contributed by atoms with van der Waals surface area (Å²) in [6, 6.07) is 19.3. The fourth-order valence-corrected chi connectivity index (χ4v) is 4.28. The number of carbonyl (C=O) groups excluding carboxylic acids is 1. The fourth-order valence-electron chi connectivity index (χ4n) is 4.28. The van der Waals surface area contributed by atoms with Crippen LogP contribution in [0.2, 0.25) is 0 Å². The van der Waals surface area contributed by atoms with Crippen LogP contribution in [0.4, 0.5) is 17.3 Å². The first-order valence-electron chi connectivity index (χ1n) is 12.5. The summed E-state index contributed by atoms with van der Waals surface area (Å²) in [6.07, 6.45) is 5.22. The van der Waals surface area contributed by atoms with Crippen molar-refractivity contribution < 1.29 is 10.3 Å². The molecule has 41 heavy (non-hydrogen) atoms. The minimum absolute atomic E-state index is 0. The lowest BCUT2D eigenvalue weighted by Gasteiger charge is -2.32. The standard InChI is InChI=1S/C29H31N7O.3ClH.H2O/c1-21-5-10-25(18-27(21)34-29-31-13-11-26(33-29)24-4-3-12-30-19-24)32-28(37)23-8-6-22(7-9-23)20-36-16-14-35(2)15-17-36;;;;/h3-13,18-19H,14-17,20H2,1-2H3,(H,32,37)(H,31,33,34);3*1H;1H2. The molecule has 4 N–H and O–H groups in total. The van der Waals surface area contributed by atoms with Crippen LogP contribution in [0, 0.1) is 6.92 Å². The number of aryl methyl sites for hydroxylation is 1. The van der Waals surface area contributed by atoms with Gasteiger partial charge in [-0.1, -0.05) is 18.2 Å². The first kappa shape index (κ1) is 35.7. The Bertz CT molecular complexity index is 1370. The third-order valence-electron chi connectivity index (χ3n) is 6.57. The summed E-state index contributed by atoms with van der Waals surface area (Å²) < 4.78 is 0. The highest BCUT2D eigenvalue weighted by atomic mass is 35.5. The maximum Gasteiger partial charge on any atom is 0.255 e. The summed E-state index contributed by atoms with van der Waals surface area (Å²) in [5.74, 6) is 0.333. The first-order valence-corrected chi connectivity index (χ1v) is 12.5. The van der Waals surface area contributed by atoms with E-state index in [-0.39, 0.29) is 48.6 Å². The number of rotatable bonds is 7. The summed E-state index contributed by atoms with van der Waals surface area (Å²) in [6.45, 7) is 7.24. The molecule has 0 unspecified atom stereocenters. The zero-order valence-corrected chi connectivity index (χ0v) is 25.4. The molecule has 12 heteroatoms. The van der Waals surface area contributed by atoms with Crippen molar-refractivity contribution in [1.82, 2.24) is 24.8 Å². The van der Waals surface area contributed by atoms with Crippen LogP contribution in [0.25, 0.3) is 11.3 Å². The Kier molecular flexibility index (Phi) is 14.7. The number of anilines is 3. The number of nitrogens with one attached hydrogen (secondary N) is 2. The fraction of sp³-hybridized carbons (Fsp3) is 0.241. The molecule has 1 saturated heterocycles. The molecule has 5 rings (SSSR count). The molecule has 0 bridgehead atoms. The highest BCUT2D eigenvalue weighted by molar-refractivity contribution is 6.04. The van der Waals surface area contributed by atoms with Crippen molar-refractivity contribution in [1.29, 1.82) is 0 Å². The second kappa shape index (κ2) is 16.8. The molecule has 220 valence electrons. The molecule has 0 radical (unpaired) electrons. The third-order valence-corrected chi connectivity index (χ3v) is 6.57. The van der Waals surface area contributed by atoms with Crippen molar-refractivity contribution in [3.8, 4) is 11.3 Å². The Morgan fingerprint density at radius 1 is 0.927 bits per heavy atom. The molecule has 1 amide bonds. The molecule has 1 aliphatic rings. The minimum atomic E-state index is -0.143. The van der Waals surface area contributed by atoms with E-state index in [1.54, 1.807) is 18.6 Å². The zero-order chi connectivity index (χ0) is 25.6. The van der Waals surface area contributed by atoms with E-state index in [0.29, 0.717) is 17.2 Å². The Labute approximate surface area is 259 Å². The monoisotopic (exact) mass is 619 g/mol. The summed E-state index contributed by atoms with van der Waals surface area (Å²) in [7, 11) is 2.16. The van der Waals surface area contributed by atoms with Crippen LogP contribution in [0.15, 0.2) is 79.3 Å². The van der Waals surface area contributed by atoms with E-state index >= 15 is 0 Å². The summed E-state index contributed by atoms with van der Waals surface area (Å²) in [5, 5.41) is 6.29. The molecule has 2 aromatic carbocycles. The molecule has 0 aliphatic carbocycles. The van der Waals surface area contributed by atoms with E-state index in [9.17, 15) is 4.79 Å². The average Bonchev–Trinajstić information content (AvgIpc) is 2.93. The molecule has 0 saturated carbocycles. The van der Waals surface area contributed by atoms with Gasteiger partial charge in [-0.25, -0.2) is 9.97 Å². The summed E-state index contributed by atoms with van der Waals surface area (Å²) in [5.41, 5.74) is 6.08. The highest BCUT2D eigenvalue weighted by Gasteiger charge is 2.14. The number of aromatic nitrogens is 3. The van der Waals surface area contributed by atoms with Crippen LogP contribution in [-0.2, 0) is 6.54 Å². The lowest BCUT2D eigenvalue weighted by atomic mass is 10.1. The normalized spacial score (nSPS) is 12.9. The van der Waals surface area contributed by atoms with Crippen molar-refractivity contribution in [2.75, 3.05) is 43.9 Å². The summed E-state index contributed by atoms with van der Waals surface area (Å²) >= 11 is 0. The average molecular weight is 621 g/mol. The van der Waals surface area contributed by atoms with Crippen LogP contribution < -0.4 is 10.6 Å². The number of pyridine rings is 1. The van der Waals surface area contributed by atoms with E-state index in [2.05, 4.69) is 42.4 Å². The van der Waals surface area contributed by atoms with Crippen molar-refractivity contribution >= 4 is 60.5 Å².